The van der Waals surface area contributed by atoms with E-state index in [1.807, 2.05) is 25.1 Å². The highest BCUT2D eigenvalue weighted by Crippen LogP contribution is 2.34. The van der Waals surface area contributed by atoms with Gasteiger partial charge in [0.15, 0.2) is 0 Å². The van der Waals surface area contributed by atoms with Gasteiger partial charge in [0.25, 0.3) is 5.91 Å². The minimum absolute atomic E-state index is 0.0151. The second-order valence-electron chi connectivity index (χ2n) is 6.15. The molecule has 0 aromatic heterocycles. The molecule has 2 bridgehead atoms. The van der Waals surface area contributed by atoms with Crippen LogP contribution >= 0.6 is 0 Å². The van der Waals surface area contributed by atoms with Gasteiger partial charge < -0.3 is 15.4 Å². The number of carbonyl (C=O) groups excluding carboxylic acids is 1. The van der Waals surface area contributed by atoms with E-state index in [1.165, 1.54) is 0 Å². The molecule has 1 aromatic carbocycles. The lowest BCUT2D eigenvalue weighted by Crippen LogP contribution is -2.41. The Kier molecular flexibility index (Phi) is 4.15. The quantitative estimate of drug-likeness (QED) is 0.876. The first kappa shape index (κ1) is 14.4. The van der Waals surface area contributed by atoms with Crippen LogP contribution in [0.4, 0.5) is 5.69 Å². The Balaban J connectivity index is 1.63. The van der Waals surface area contributed by atoms with Gasteiger partial charge in [0, 0.05) is 17.8 Å². The van der Waals surface area contributed by atoms with Crippen LogP contribution in [-0.2, 0) is 4.74 Å². The minimum atomic E-state index is 0.0151. The lowest BCUT2D eigenvalue weighted by Gasteiger charge is -2.20. The van der Waals surface area contributed by atoms with Crippen molar-refractivity contribution in [2.75, 3.05) is 11.9 Å². The number of nitrogens with one attached hydrogen (secondary N) is 2. The number of amides is 1. The normalized spacial score (nSPS) is 26.9. The predicted octanol–water partition coefficient (Wildman–Crippen LogP) is 2.87. The van der Waals surface area contributed by atoms with E-state index >= 15 is 0 Å². The van der Waals surface area contributed by atoms with Crippen molar-refractivity contribution >= 4 is 11.6 Å². The Labute approximate surface area is 126 Å². The number of hydrogen-bond acceptors (Lipinski definition) is 3. The Morgan fingerprint density at radius 1 is 1.38 bits per heavy atom. The van der Waals surface area contributed by atoms with Gasteiger partial charge in [-0.1, -0.05) is 6.92 Å². The smallest absolute Gasteiger partial charge is 0.251 e. The van der Waals surface area contributed by atoms with Crippen LogP contribution in [0, 0.1) is 6.92 Å². The zero-order chi connectivity index (χ0) is 14.8. The Morgan fingerprint density at radius 3 is 2.86 bits per heavy atom. The average Bonchev–Trinajstić information content (AvgIpc) is 3.08. The molecule has 1 amide bonds. The highest BCUT2D eigenvalue weighted by molar-refractivity contribution is 5.95. The summed E-state index contributed by atoms with van der Waals surface area (Å²) in [5.41, 5.74) is 2.95. The second-order valence-corrected chi connectivity index (χ2v) is 6.15. The number of ether oxygens (including phenoxy) is 1. The fourth-order valence-electron chi connectivity index (χ4n) is 3.30. The van der Waals surface area contributed by atoms with Crippen molar-refractivity contribution < 1.29 is 9.53 Å². The van der Waals surface area contributed by atoms with E-state index in [0.717, 1.165) is 49.0 Å². The lowest BCUT2D eigenvalue weighted by atomic mass is 9.95. The maximum absolute atomic E-state index is 12.4. The van der Waals surface area contributed by atoms with Crippen LogP contribution in [0.15, 0.2) is 18.2 Å². The molecule has 2 aliphatic rings. The van der Waals surface area contributed by atoms with Crippen molar-refractivity contribution in [3.8, 4) is 0 Å². The van der Waals surface area contributed by atoms with E-state index in [9.17, 15) is 4.79 Å². The summed E-state index contributed by atoms with van der Waals surface area (Å²) in [7, 11) is 0. The van der Waals surface area contributed by atoms with Crippen LogP contribution in [0.1, 0.15) is 48.5 Å². The number of hydrogen-bond donors (Lipinski definition) is 2. The summed E-state index contributed by atoms with van der Waals surface area (Å²) in [5.74, 6) is 0.0151. The van der Waals surface area contributed by atoms with Crippen molar-refractivity contribution in [2.24, 2.45) is 0 Å². The molecular formula is C17H24N2O2. The van der Waals surface area contributed by atoms with E-state index < -0.39 is 0 Å². The molecule has 0 radical (unpaired) electrons. The van der Waals surface area contributed by atoms with Crippen molar-refractivity contribution in [3.63, 3.8) is 0 Å². The first-order valence-corrected chi connectivity index (χ1v) is 7.98. The van der Waals surface area contributed by atoms with Crippen LogP contribution in [0.3, 0.4) is 0 Å². The van der Waals surface area contributed by atoms with E-state index in [4.69, 9.17) is 4.74 Å². The van der Waals surface area contributed by atoms with Crippen molar-refractivity contribution in [3.05, 3.63) is 29.3 Å². The van der Waals surface area contributed by atoms with Gasteiger partial charge in [-0.2, -0.15) is 0 Å². The molecule has 2 heterocycles. The maximum Gasteiger partial charge on any atom is 0.251 e. The maximum atomic E-state index is 12.4. The van der Waals surface area contributed by atoms with E-state index in [2.05, 4.69) is 17.6 Å². The van der Waals surface area contributed by atoms with Crippen LogP contribution < -0.4 is 10.6 Å². The first-order chi connectivity index (χ1) is 10.2. The molecule has 4 nitrogen and oxygen atoms in total. The highest BCUT2D eigenvalue weighted by atomic mass is 16.5. The lowest BCUT2D eigenvalue weighted by molar-refractivity contribution is 0.0841. The average molecular weight is 288 g/mol. The molecule has 114 valence electrons. The molecule has 0 spiro atoms. The summed E-state index contributed by atoms with van der Waals surface area (Å²) < 4.78 is 5.78. The molecule has 21 heavy (non-hydrogen) atoms. The van der Waals surface area contributed by atoms with Gasteiger partial charge in [0.1, 0.15) is 0 Å². The molecule has 4 heteroatoms. The number of benzene rings is 1. The van der Waals surface area contributed by atoms with Crippen LogP contribution in [0.2, 0.25) is 0 Å². The Hall–Kier alpha value is -1.55. The van der Waals surface area contributed by atoms with Gasteiger partial charge in [0.2, 0.25) is 0 Å². The summed E-state index contributed by atoms with van der Waals surface area (Å²) >= 11 is 0. The van der Waals surface area contributed by atoms with Crippen LogP contribution in [-0.4, -0.2) is 30.7 Å². The summed E-state index contributed by atoms with van der Waals surface area (Å²) in [6, 6.07) is 6.04. The highest BCUT2D eigenvalue weighted by Gasteiger charge is 2.41. The largest absolute Gasteiger partial charge is 0.385 e. The number of carbonyl (C=O) groups is 1. The molecule has 0 aliphatic carbocycles. The van der Waals surface area contributed by atoms with Crippen molar-refractivity contribution in [1.82, 2.24) is 5.32 Å². The van der Waals surface area contributed by atoms with E-state index in [0.29, 0.717) is 6.10 Å². The van der Waals surface area contributed by atoms with Gasteiger partial charge >= 0.3 is 0 Å². The van der Waals surface area contributed by atoms with Gasteiger partial charge in [-0.25, -0.2) is 0 Å². The topological polar surface area (TPSA) is 50.4 Å². The van der Waals surface area contributed by atoms with Gasteiger partial charge in [0.05, 0.1) is 18.2 Å². The number of anilines is 1. The van der Waals surface area contributed by atoms with E-state index in [1.54, 1.807) is 0 Å². The Morgan fingerprint density at radius 2 is 2.24 bits per heavy atom. The van der Waals surface area contributed by atoms with Crippen LogP contribution in [0.25, 0.3) is 0 Å². The van der Waals surface area contributed by atoms with Crippen LogP contribution in [0.5, 0.6) is 0 Å². The molecule has 2 aliphatic heterocycles. The molecular weight excluding hydrogens is 264 g/mol. The summed E-state index contributed by atoms with van der Waals surface area (Å²) in [5, 5.41) is 6.50. The molecule has 2 N–H and O–H groups in total. The van der Waals surface area contributed by atoms with Crippen molar-refractivity contribution in [2.45, 2.75) is 57.8 Å². The molecule has 2 saturated heterocycles. The zero-order valence-corrected chi connectivity index (χ0v) is 12.8. The third-order valence-corrected chi connectivity index (χ3v) is 4.48. The molecule has 0 saturated carbocycles. The molecule has 1 aromatic rings. The fourth-order valence-corrected chi connectivity index (χ4v) is 3.30. The molecule has 2 fully saturated rings. The molecule has 3 atom stereocenters. The third-order valence-electron chi connectivity index (χ3n) is 4.48. The zero-order valence-electron chi connectivity index (χ0n) is 12.8. The van der Waals surface area contributed by atoms with Gasteiger partial charge in [-0.3, -0.25) is 4.79 Å². The monoisotopic (exact) mass is 288 g/mol. The van der Waals surface area contributed by atoms with Gasteiger partial charge in [-0.05, 0) is 56.4 Å². The summed E-state index contributed by atoms with van der Waals surface area (Å²) in [4.78, 5) is 12.4. The number of aryl methyl sites for hydroxylation is 1. The predicted molar refractivity (Wildman–Crippen MR) is 83.7 cm³/mol. The Bertz CT molecular complexity index is 530. The van der Waals surface area contributed by atoms with E-state index in [-0.39, 0.29) is 18.1 Å². The summed E-state index contributed by atoms with van der Waals surface area (Å²) in [6.07, 6.45) is 4.87. The minimum Gasteiger partial charge on any atom is -0.385 e. The fraction of sp³-hybridized carbons (Fsp3) is 0.588. The standard InChI is InChI=1S/C17H24N2O2/c1-3-8-18-14-6-4-12(9-11(14)2)17(20)19-15-10-13-5-7-16(15)21-13/h4,6,9,13,15-16,18H,3,5,7-8,10H2,1-2H3,(H,19,20). The number of fused-ring (bicyclic) bond motifs is 2. The molecule has 3 unspecified atom stereocenters. The molecule has 3 rings (SSSR count). The number of rotatable bonds is 5. The third kappa shape index (κ3) is 3.05. The van der Waals surface area contributed by atoms with Gasteiger partial charge in [-0.15, -0.1) is 0 Å². The van der Waals surface area contributed by atoms with Crippen molar-refractivity contribution in [1.29, 1.82) is 0 Å². The SMILES string of the molecule is CCCNc1ccc(C(=O)NC2CC3CCC2O3)cc1C. The summed E-state index contributed by atoms with van der Waals surface area (Å²) in [6.45, 7) is 5.13. The second kappa shape index (κ2) is 6.06. The first-order valence-electron chi connectivity index (χ1n) is 7.98.